The Labute approximate surface area is 130 Å². The monoisotopic (exact) mass is 356 g/mol. The molecule has 0 aromatic rings. The number of carbonyl (C=O) groups is 3. The summed E-state index contributed by atoms with van der Waals surface area (Å²) in [6.45, 7) is 7.89. The molecule has 0 saturated heterocycles. The van der Waals surface area contributed by atoms with Crippen LogP contribution in [0.4, 0.5) is 0 Å². The fourth-order valence-corrected chi connectivity index (χ4v) is 5.88. The number of hydrogen-bond acceptors (Lipinski definition) is 4. The van der Waals surface area contributed by atoms with E-state index in [4.69, 9.17) is 4.74 Å². The third-order valence-electron chi connectivity index (χ3n) is 4.31. The molecule has 0 atom stereocenters. The van der Waals surface area contributed by atoms with E-state index in [9.17, 15) is 14.4 Å². The quantitative estimate of drug-likeness (QED) is 0.492. The summed E-state index contributed by atoms with van der Waals surface area (Å²) in [7, 11) is 0. The van der Waals surface area contributed by atoms with E-state index < -0.39 is 19.5 Å². The molecule has 114 valence electrons. The van der Waals surface area contributed by atoms with Crippen molar-refractivity contribution < 1.29 is 19.1 Å². The predicted molar refractivity (Wildman–Crippen MR) is 77.6 cm³/mol. The van der Waals surface area contributed by atoms with Gasteiger partial charge < -0.3 is 0 Å². The van der Waals surface area contributed by atoms with Crippen LogP contribution in [0.5, 0.6) is 0 Å². The molecule has 0 unspecified atom stereocenters. The van der Waals surface area contributed by atoms with E-state index in [2.05, 4.69) is 0 Å². The number of Topliss-reactive ketones (excluding diaryl/α,β-unsaturated/α-hetero) is 3. The topological polar surface area (TPSA) is 60.4 Å². The molecule has 0 bridgehead atoms. The Kier molecular flexibility index (Phi) is 3.07. The maximum absolute atomic E-state index is 12.6. The third kappa shape index (κ3) is 2.31. The van der Waals surface area contributed by atoms with Crippen LogP contribution >= 0.6 is 0 Å². The molecule has 0 radical (unpaired) electrons. The molecular weight excluding hydrogens is 335 g/mol. The average molecular weight is 355 g/mol. The van der Waals surface area contributed by atoms with Gasteiger partial charge in [-0.3, -0.25) is 0 Å². The van der Waals surface area contributed by atoms with Crippen LogP contribution in [0.2, 0.25) is 0 Å². The van der Waals surface area contributed by atoms with Gasteiger partial charge in [0.25, 0.3) is 0 Å². The summed E-state index contributed by atoms with van der Waals surface area (Å²) in [6, 6.07) is 0. The molecule has 21 heavy (non-hydrogen) atoms. The Morgan fingerprint density at radius 1 is 0.857 bits per heavy atom. The molecule has 0 aromatic heterocycles. The first-order valence-electron chi connectivity index (χ1n) is 7.26. The Hall–Kier alpha value is -0.931. The van der Waals surface area contributed by atoms with Gasteiger partial charge >= 0.3 is 130 Å². The van der Waals surface area contributed by atoms with Crippen LogP contribution in [0.25, 0.3) is 0 Å². The Balaban J connectivity index is 1.94. The number of rotatable bonds is 0. The van der Waals surface area contributed by atoms with E-state index >= 15 is 0 Å². The average Bonchev–Trinajstić information content (AvgIpc) is 2.65. The molecule has 1 heterocycles. The van der Waals surface area contributed by atoms with Gasteiger partial charge in [0.1, 0.15) is 0 Å². The molecule has 4 nitrogen and oxygen atoms in total. The summed E-state index contributed by atoms with van der Waals surface area (Å²) in [6.07, 6.45) is 1.81. The third-order valence-corrected chi connectivity index (χ3v) is 7.43. The molecular formula is C16H20O4Se. The second-order valence-electron chi connectivity index (χ2n) is 7.88. The normalized spacial score (nSPS) is 29.6. The van der Waals surface area contributed by atoms with Crippen LogP contribution in [0.15, 0.2) is 10.2 Å². The van der Waals surface area contributed by atoms with Crippen molar-refractivity contribution >= 4 is 32.3 Å². The van der Waals surface area contributed by atoms with Gasteiger partial charge in [0.2, 0.25) is 0 Å². The molecule has 1 aliphatic heterocycles. The molecule has 5 heteroatoms. The zero-order valence-corrected chi connectivity index (χ0v) is 14.6. The van der Waals surface area contributed by atoms with Gasteiger partial charge in [0.05, 0.1) is 0 Å². The minimum atomic E-state index is -1.33. The number of carbonyl (C=O) groups excluding carboxylic acids is 3. The zero-order valence-electron chi connectivity index (χ0n) is 12.9. The van der Waals surface area contributed by atoms with E-state index in [1.54, 1.807) is 0 Å². The van der Waals surface area contributed by atoms with Gasteiger partial charge in [0.15, 0.2) is 0 Å². The second kappa shape index (κ2) is 4.30. The minimum absolute atomic E-state index is 0.0589. The SMILES string of the molecule is CC1(C)CC(=O)C2(OC3=C([Se]2)C(=O)CC(C)(C)C3)C(=O)C1. The Bertz CT molecular complexity index is 577. The van der Waals surface area contributed by atoms with Crippen LogP contribution in [0, 0.1) is 10.8 Å². The summed E-state index contributed by atoms with van der Waals surface area (Å²) >= 11 is -0.513. The van der Waals surface area contributed by atoms with Crippen molar-refractivity contribution in [3.63, 3.8) is 0 Å². The zero-order chi connectivity index (χ0) is 15.6. The molecule has 1 spiro atoms. The summed E-state index contributed by atoms with van der Waals surface area (Å²) in [5, 5.41) is 0. The number of ketones is 3. The van der Waals surface area contributed by atoms with Crippen LogP contribution < -0.4 is 0 Å². The van der Waals surface area contributed by atoms with Crippen molar-refractivity contribution in [2.75, 3.05) is 0 Å². The van der Waals surface area contributed by atoms with Gasteiger partial charge in [0, 0.05) is 0 Å². The van der Waals surface area contributed by atoms with E-state index in [1.165, 1.54) is 0 Å². The molecule has 3 aliphatic rings. The van der Waals surface area contributed by atoms with E-state index in [0.717, 1.165) is 0 Å². The van der Waals surface area contributed by atoms with Gasteiger partial charge in [-0.1, -0.05) is 0 Å². The number of ether oxygens (including phenoxy) is 1. The summed E-state index contributed by atoms with van der Waals surface area (Å²) in [4.78, 5) is 37.5. The van der Waals surface area contributed by atoms with Crippen molar-refractivity contribution in [3.05, 3.63) is 10.2 Å². The first-order chi connectivity index (χ1) is 9.55. The van der Waals surface area contributed by atoms with Crippen molar-refractivity contribution in [3.8, 4) is 0 Å². The molecule has 0 aromatic carbocycles. The fourth-order valence-electron chi connectivity index (χ4n) is 3.33. The Morgan fingerprint density at radius 3 is 1.95 bits per heavy atom. The van der Waals surface area contributed by atoms with Crippen LogP contribution in [0.3, 0.4) is 0 Å². The maximum atomic E-state index is 12.6. The first kappa shape index (κ1) is 15.0. The molecule has 0 N–H and O–H groups in total. The van der Waals surface area contributed by atoms with E-state index in [-0.39, 0.29) is 28.2 Å². The summed E-state index contributed by atoms with van der Waals surface area (Å²) in [5.74, 6) is 0.397. The van der Waals surface area contributed by atoms with Gasteiger partial charge in [-0.15, -0.1) is 0 Å². The van der Waals surface area contributed by atoms with Crippen molar-refractivity contribution in [2.45, 2.75) is 57.9 Å². The number of allylic oxidation sites excluding steroid dienone is 2. The van der Waals surface area contributed by atoms with Crippen LogP contribution in [0.1, 0.15) is 53.4 Å². The van der Waals surface area contributed by atoms with Gasteiger partial charge in [-0.05, 0) is 0 Å². The fraction of sp³-hybridized carbons (Fsp3) is 0.688. The van der Waals surface area contributed by atoms with Crippen molar-refractivity contribution in [1.29, 1.82) is 0 Å². The molecule has 2 aliphatic carbocycles. The molecule has 1 saturated carbocycles. The first-order valence-corrected chi connectivity index (χ1v) is 8.97. The number of hydrogen-bond donors (Lipinski definition) is 0. The van der Waals surface area contributed by atoms with Crippen molar-refractivity contribution in [2.24, 2.45) is 10.8 Å². The molecule has 1 fully saturated rings. The van der Waals surface area contributed by atoms with E-state index in [0.29, 0.717) is 35.9 Å². The van der Waals surface area contributed by atoms with E-state index in [1.807, 2.05) is 27.7 Å². The molecule has 0 amide bonds. The Morgan fingerprint density at radius 2 is 1.38 bits per heavy atom. The summed E-state index contributed by atoms with van der Waals surface area (Å²) in [5.41, 5.74) is -0.456. The standard InChI is InChI=1S/C16H20O4Se/c1-14(2)5-9(17)13-10(6-14)20-16(21-13)11(18)7-15(3,4)8-12(16)19/h5-8H2,1-4H3. The predicted octanol–water partition coefficient (Wildman–Crippen LogP) is 1.98. The van der Waals surface area contributed by atoms with Crippen LogP contribution in [-0.2, 0) is 19.1 Å². The van der Waals surface area contributed by atoms with Crippen LogP contribution in [-0.4, -0.2) is 36.8 Å². The summed E-state index contributed by atoms with van der Waals surface area (Å²) < 4.78 is 5.22. The molecule has 3 rings (SSSR count). The van der Waals surface area contributed by atoms with Gasteiger partial charge in [-0.25, -0.2) is 0 Å². The van der Waals surface area contributed by atoms with Gasteiger partial charge in [-0.2, -0.15) is 0 Å². The second-order valence-corrected chi connectivity index (χ2v) is 10.4. The van der Waals surface area contributed by atoms with Crippen molar-refractivity contribution in [1.82, 2.24) is 0 Å².